The molecule has 0 aromatic heterocycles. The first-order chi connectivity index (χ1) is 12.7. The normalized spacial score (nSPS) is 17.1. The Labute approximate surface area is 163 Å². The summed E-state index contributed by atoms with van der Waals surface area (Å²) < 4.78 is 12.1. The van der Waals surface area contributed by atoms with E-state index in [4.69, 9.17) is 9.31 Å². The van der Waals surface area contributed by atoms with Crippen LogP contribution in [-0.2, 0) is 9.31 Å². The molecule has 2 aromatic rings. The molecule has 0 bridgehead atoms. The Morgan fingerprint density at radius 1 is 0.926 bits per heavy atom. The second-order valence-corrected chi connectivity index (χ2v) is 7.53. The number of hydrogen-bond acceptors (Lipinski definition) is 3. The third-order valence-electron chi connectivity index (χ3n) is 4.98. The van der Waals surface area contributed by atoms with Crippen LogP contribution in [0.15, 0.2) is 48.5 Å². The molecule has 27 heavy (non-hydrogen) atoms. The predicted octanol–water partition coefficient (Wildman–Crippen LogP) is 4.57. The second-order valence-electron chi connectivity index (χ2n) is 7.53. The average Bonchev–Trinajstić information content (AvgIpc) is 2.85. The first kappa shape index (κ1) is 21.2. The van der Waals surface area contributed by atoms with Gasteiger partial charge in [-0.3, -0.25) is 4.79 Å². The minimum atomic E-state index is -0.443. The van der Waals surface area contributed by atoms with Crippen molar-refractivity contribution < 1.29 is 14.1 Å². The zero-order chi connectivity index (χ0) is 20.2. The number of aryl methyl sites for hydroxylation is 1. The monoisotopic (exact) mass is 367 g/mol. The standard InChI is InChI=1S/C20H24BNO3.C2H6/c1-14-9-11-15(12-10-14)18(23)22-17-8-6-7-16(13-17)21-24-19(2,3)20(4,5)25-21;1-2/h6-13H,1-5H3,(H,22,23);1-2H3. The molecule has 0 saturated carbocycles. The fraction of sp³-hybridized carbons (Fsp3) is 0.409. The predicted molar refractivity (Wildman–Crippen MR) is 113 cm³/mol. The molecule has 1 aliphatic heterocycles. The van der Waals surface area contributed by atoms with Gasteiger partial charge < -0.3 is 14.6 Å². The summed E-state index contributed by atoms with van der Waals surface area (Å²) in [6, 6.07) is 15.1. The summed E-state index contributed by atoms with van der Waals surface area (Å²) in [5.41, 5.74) is 2.58. The van der Waals surface area contributed by atoms with Crippen LogP contribution in [0.1, 0.15) is 57.5 Å². The highest BCUT2D eigenvalue weighted by Crippen LogP contribution is 2.36. The van der Waals surface area contributed by atoms with Crippen molar-refractivity contribution in [2.45, 2.75) is 59.7 Å². The highest BCUT2D eigenvalue weighted by atomic mass is 16.7. The second kappa shape index (κ2) is 8.28. The van der Waals surface area contributed by atoms with Gasteiger partial charge in [-0.15, -0.1) is 0 Å². The van der Waals surface area contributed by atoms with Crippen molar-refractivity contribution in [1.29, 1.82) is 0 Å². The molecule has 1 N–H and O–H groups in total. The Kier molecular flexibility index (Phi) is 6.50. The van der Waals surface area contributed by atoms with Crippen molar-refractivity contribution in [2.75, 3.05) is 5.32 Å². The highest BCUT2D eigenvalue weighted by molar-refractivity contribution is 6.62. The SMILES string of the molecule is CC.Cc1ccc(C(=O)Nc2cccc(B3OC(C)(C)C(C)(C)O3)c2)cc1. The smallest absolute Gasteiger partial charge is 0.399 e. The summed E-state index contributed by atoms with van der Waals surface area (Å²) in [7, 11) is -0.443. The third-order valence-corrected chi connectivity index (χ3v) is 4.98. The van der Waals surface area contributed by atoms with Crippen molar-refractivity contribution in [1.82, 2.24) is 0 Å². The minimum absolute atomic E-state index is 0.133. The van der Waals surface area contributed by atoms with Gasteiger partial charge in [0.1, 0.15) is 0 Å². The molecule has 0 aliphatic carbocycles. The van der Waals surface area contributed by atoms with Crippen LogP contribution in [0, 0.1) is 6.92 Å². The van der Waals surface area contributed by atoms with Gasteiger partial charge >= 0.3 is 7.12 Å². The van der Waals surface area contributed by atoms with Crippen LogP contribution in [0.25, 0.3) is 0 Å². The summed E-state index contributed by atoms with van der Waals surface area (Å²) >= 11 is 0. The van der Waals surface area contributed by atoms with Gasteiger partial charge in [-0.05, 0) is 64.3 Å². The van der Waals surface area contributed by atoms with E-state index in [9.17, 15) is 4.79 Å². The Balaban J connectivity index is 0.00000126. The van der Waals surface area contributed by atoms with Gasteiger partial charge in [-0.2, -0.15) is 0 Å². The van der Waals surface area contributed by atoms with Gasteiger partial charge in [-0.25, -0.2) is 0 Å². The zero-order valence-corrected chi connectivity index (χ0v) is 17.4. The van der Waals surface area contributed by atoms with Gasteiger partial charge in [0.25, 0.3) is 5.91 Å². The zero-order valence-electron chi connectivity index (χ0n) is 17.4. The van der Waals surface area contributed by atoms with Gasteiger partial charge in [0, 0.05) is 11.3 Å². The maximum Gasteiger partial charge on any atom is 0.494 e. The summed E-state index contributed by atoms with van der Waals surface area (Å²) in [4.78, 5) is 12.4. The van der Waals surface area contributed by atoms with E-state index in [1.807, 2.05) is 97.0 Å². The molecule has 0 unspecified atom stereocenters. The molecular formula is C22H30BNO3. The Bertz CT molecular complexity index is 768. The summed E-state index contributed by atoms with van der Waals surface area (Å²) in [5.74, 6) is -0.133. The lowest BCUT2D eigenvalue weighted by molar-refractivity contribution is 0.00578. The molecule has 5 heteroatoms. The number of benzene rings is 2. The number of amides is 1. The first-order valence-corrected chi connectivity index (χ1v) is 9.52. The lowest BCUT2D eigenvalue weighted by atomic mass is 9.79. The van der Waals surface area contributed by atoms with Gasteiger partial charge in [-0.1, -0.05) is 43.7 Å². The Morgan fingerprint density at radius 2 is 1.48 bits per heavy atom. The number of nitrogens with one attached hydrogen (secondary N) is 1. The van der Waals surface area contributed by atoms with E-state index in [1.165, 1.54) is 0 Å². The van der Waals surface area contributed by atoms with Crippen LogP contribution in [0.5, 0.6) is 0 Å². The molecule has 144 valence electrons. The van der Waals surface area contributed by atoms with Crippen molar-refractivity contribution in [3.63, 3.8) is 0 Å². The Hall–Kier alpha value is -2.11. The van der Waals surface area contributed by atoms with Crippen molar-refractivity contribution in [3.05, 3.63) is 59.7 Å². The summed E-state index contributed by atoms with van der Waals surface area (Å²) in [5, 5.41) is 2.93. The van der Waals surface area contributed by atoms with Crippen LogP contribution >= 0.6 is 0 Å². The molecule has 1 amide bonds. The largest absolute Gasteiger partial charge is 0.494 e. The molecule has 0 spiro atoms. The number of carbonyl (C=O) groups is 1. The number of rotatable bonds is 3. The first-order valence-electron chi connectivity index (χ1n) is 9.52. The molecule has 0 radical (unpaired) electrons. The fourth-order valence-corrected chi connectivity index (χ4v) is 2.65. The topological polar surface area (TPSA) is 47.6 Å². The third kappa shape index (κ3) is 4.79. The molecule has 1 aliphatic rings. The van der Waals surface area contributed by atoms with Crippen LogP contribution in [0.3, 0.4) is 0 Å². The lowest BCUT2D eigenvalue weighted by Gasteiger charge is -2.32. The van der Waals surface area contributed by atoms with Crippen molar-refractivity contribution >= 4 is 24.2 Å². The van der Waals surface area contributed by atoms with E-state index in [1.54, 1.807) is 0 Å². The van der Waals surface area contributed by atoms with Crippen LogP contribution in [-0.4, -0.2) is 24.2 Å². The molecule has 4 nitrogen and oxygen atoms in total. The molecule has 3 rings (SSSR count). The molecule has 2 aromatic carbocycles. The van der Waals surface area contributed by atoms with Crippen LogP contribution < -0.4 is 10.8 Å². The van der Waals surface area contributed by atoms with Gasteiger partial charge in [0.15, 0.2) is 0 Å². The van der Waals surface area contributed by atoms with E-state index in [-0.39, 0.29) is 5.91 Å². The average molecular weight is 367 g/mol. The van der Waals surface area contributed by atoms with Crippen molar-refractivity contribution in [3.8, 4) is 0 Å². The van der Waals surface area contributed by atoms with E-state index < -0.39 is 18.3 Å². The highest BCUT2D eigenvalue weighted by Gasteiger charge is 2.51. The van der Waals surface area contributed by atoms with E-state index >= 15 is 0 Å². The summed E-state index contributed by atoms with van der Waals surface area (Å²) in [6.07, 6.45) is 0. The molecule has 0 atom stereocenters. The number of hydrogen-bond donors (Lipinski definition) is 1. The van der Waals surface area contributed by atoms with E-state index in [0.717, 1.165) is 16.7 Å². The maximum absolute atomic E-state index is 12.4. The molecular weight excluding hydrogens is 337 g/mol. The molecule has 1 saturated heterocycles. The number of carbonyl (C=O) groups excluding carboxylic acids is 1. The minimum Gasteiger partial charge on any atom is -0.399 e. The Morgan fingerprint density at radius 3 is 2.04 bits per heavy atom. The maximum atomic E-state index is 12.4. The lowest BCUT2D eigenvalue weighted by Crippen LogP contribution is -2.41. The van der Waals surface area contributed by atoms with Crippen LogP contribution in [0.2, 0.25) is 0 Å². The van der Waals surface area contributed by atoms with Gasteiger partial charge in [0.05, 0.1) is 11.2 Å². The van der Waals surface area contributed by atoms with Crippen molar-refractivity contribution in [2.24, 2.45) is 0 Å². The van der Waals surface area contributed by atoms with Crippen LogP contribution in [0.4, 0.5) is 5.69 Å². The fourth-order valence-electron chi connectivity index (χ4n) is 2.65. The van der Waals surface area contributed by atoms with E-state index in [0.29, 0.717) is 5.56 Å². The quantitative estimate of drug-likeness (QED) is 0.809. The molecule has 1 fully saturated rings. The molecule has 1 heterocycles. The van der Waals surface area contributed by atoms with Gasteiger partial charge in [0.2, 0.25) is 0 Å². The van der Waals surface area contributed by atoms with E-state index in [2.05, 4.69) is 5.32 Å². The summed E-state index contributed by atoms with van der Waals surface area (Å²) in [6.45, 7) is 14.1. The number of anilines is 1.